The molecule has 1 N–H and O–H groups in total. The van der Waals surface area contributed by atoms with Gasteiger partial charge in [-0.25, -0.2) is 4.98 Å². The lowest BCUT2D eigenvalue weighted by Gasteiger charge is -2.31. The van der Waals surface area contributed by atoms with Gasteiger partial charge in [0, 0.05) is 31.5 Å². The van der Waals surface area contributed by atoms with Crippen molar-refractivity contribution in [2.45, 2.75) is 46.1 Å². The number of rotatable bonds is 5. The molecule has 1 fully saturated rings. The third kappa shape index (κ3) is 4.95. The Balaban J connectivity index is 1.61. The predicted octanol–water partition coefficient (Wildman–Crippen LogP) is 3.42. The maximum absolute atomic E-state index is 12.9. The molecule has 0 aliphatic carbocycles. The van der Waals surface area contributed by atoms with Crippen LogP contribution in [0.2, 0.25) is 0 Å². The Labute approximate surface area is 164 Å². The van der Waals surface area contributed by atoms with Gasteiger partial charge < -0.3 is 10.2 Å². The number of hydrogen-bond donors (Lipinski definition) is 1. The van der Waals surface area contributed by atoms with Gasteiger partial charge in [-0.2, -0.15) is 0 Å². The second-order valence-electron chi connectivity index (χ2n) is 7.41. The molecule has 27 heavy (non-hydrogen) atoms. The van der Waals surface area contributed by atoms with Crippen LogP contribution >= 0.6 is 11.3 Å². The molecule has 0 bridgehead atoms. The van der Waals surface area contributed by atoms with Crippen LogP contribution in [0, 0.1) is 12.8 Å². The van der Waals surface area contributed by atoms with Gasteiger partial charge in [0.2, 0.25) is 5.91 Å². The minimum absolute atomic E-state index is 0.00708. The van der Waals surface area contributed by atoms with Crippen molar-refractivity contribution >= 4 is 23.2 Å². The molecule has 1 aromatic heterocycles. The molecule has 2 heterocycles. The van der Waals surface area contributed by atoms with Crippen molar-refractivity contribution in [1.82, 2.24) is 15.2 Å². The fraction of sp³-hybridized carbons (Fsp3) is 0.476. The lowest BCUT2D eigenvalue weighted by atomic mass is 9.95. The number of hydrogen-bond acceptors (Lipinski definition) is 4. The fourth-order valence-corrected chi connectivity index (χ4v) is 4.45. The Morgan fingerprint density at radius 1 is 1.22 bits per heavy atom. The predicted molar refractivity (Wildman–Crippen MR) is 108 cm³/mol. The van der Waals surface area contributed by atoms with Crippen molar-refractivity contribution in [3.63, 3.8) is 0 Å². The molecule has 144 valence electrons. The van der Waals surface area contributed by atoms with E-state index in [9.17, 15) is 9.59 Å². The van der Waals surface area contributed by atoms with Gasteiger partial charge >= 0.3 is 0 Å². The van der Waals surface area contributed by atoms with E-state index in [1.165, 1.54) is 16.9 Å². The largest absolute Gasteiger partial charge is 0.354 e. The van der Waals surface area contributed by atoms with E-state index in [1.807, 2.05) is 43.9 Å². The molecule has 6 heteroatoms. The molecule has 1 aliphatic rings. The number of amides is 2. The molecule has 0 atom stereocenters. The van der Waals surface area contributed by atoms with Crippen LogP contribution in [-0.4, -0.2) is 40.8 Å². The summed E-state index contributed by atoms with van der Waals surface area (Å²) in [7, 11) is 0. The van der Waals surface area contributed by atoms with E-state index in [-0.39, 0.29) is 23.8 Å². The maximum Gasteiger partial charge on any atom is 0.265 e. The zero-order valence-electron chi connectivity index (χ0n) is 16.2. The van der Waals surface area contributed by atoms with Crippen LogP contribution in [0.3, 0.4) is 0 Å². The number of benzene rings is 1. The number of piperidine rings is 1. The summed E-state index contributed by atoms with van der Waals surface area (Å²) in [5, 5.41) is 3.94. The van der Waals surface area contributed by atoms with E-state index in [0.29, 0.717) is 13.1 Å². The highest BCUT2D eigenvalue weighted by atomic mass is 32.1. The molecule has 5 nitrogen and oxygen atoms in total. The first-order valence-electron chi connectivity index (χ1n) is 9.54. The average Bonchev–Trinajstić information content (AvgIpc) is 3.01. The monoisotopic (exact) mass is 385 g/mol. The van der Waals surface area contributed by atoms with E-state index < -0.39 is 0 Å². The molecule has 0 saturated carbocycles. The highest BCUT2D eigenvalue weighted by Crippen LogP contribution is 2.25. The van der Waals surface area contributed by atoms with Crippen molar-refractivity contribution in [3.8, 4) is 0 Å². The molecular weight excluding hydrogens is 358 g/mol. The van der Waals surface area contributed by atoms with Crippen molar-refractivity contribution in [3.05, 3.63) is 51.5 Å². The number of aryl methyl sites for hydroxylation is 1. The molecular formula is C21H27N3O2S. The normalized spacial score (nSPS) is 15.2. The summed E-state index contributed by atoms with van der Waals surface area (Å²) in [6.45, 7) is 7.09. The van der Waals surface area contributed by atoms with Gasteiger partial charge in [0.05, 0.1) is 10.7 Å². The van der Waals surface area contributed by atoms with E-state index >= 15 is 0 Å². The summed E-state index contributed by atoms with van der Waals surface area (Å²) in [5.41, 5.74) is 2.00. The first-order valence-corrected chi connectivity index (χ1v) is 10.4. The standard InChI is InChI=1S/C21H27N3O2S/c1-14(2)22-20(25)17-9-11-24(12-10-17)21(26)19-15(3)23-18(27-19)13-16-7-5-4-6-8-16/h4-8,14,17H,9-13H2,1-3H3,(H,22,25). The van der Waals surface area contributed by atoms with Gasteiger partial charge in [-0.3, -0.25) is 9.59 Å². The van der Waals surface area contributed by atoms with Crippen LogP contribution in [0.5, 0.6) is 0 Å². The van der Waals surface area contributed by atoms with Crippen molar-refractivity contribution < 1.29 is 9.59 Å². The van der Waals surface area contributed by atoms with Crippen molar-refractivity contribution in [2.75, 3.05) is 13.1 Å². The fourth-order valence-electron chi connectivity index (χ4n) is 3.39. The average molecular weight is 386 g/mol. The second-order valence-corrected chi connectivity index (χ2v) is 8.50. The van der Waals surface area contributed by atoms with Gasteiger partial charge in [0.25, 0.3) is 5.91 Å². The smallest absolute Gasteiger partial charge is 0.265 e. The minimum Gasteiger partial charge on any atom is -0.354 e. The van der Waals surface area contributed by atoms with E-state index in [0.717, 1.165) is 34.8 Å². The van der Waals surface area contributed by atoms with Gasteiger partial charge in [0.1, 0.15) is 4.88 Å². The summed E-state index contributed by atoms with van der Waals surface area (Å²) in [6, 6.07) is 10.3. The van der Waals surface area contributed by atoms with Crippen LogP contribution in [0.15, 0.2) is 30.3 Å². The quantitative estimate of drug-likeness (QED) is 0.858. The lowest BCUT2D eigenvalue weighted by molar-refractivity contribution is -0.126. The molecule has 2 amide bonds. The molecule has 1 saturated heterocycles. The molecule has 1 aromatic carbocycles. The summed E-state index contributed by atoms with van der Waals surface area (Å²) in [5.74, 6) is 0.163. The van der Waals surface area contributed by atoms with E-state index in [4.69, 9.17) is 0 Å². The number of thiazole rings is 1. The van der Waals surface area contributed by atoms with Crippen LogP contribution in [0.25, 0.3) is 0 Å². The number of nitrogens with one attached hydrogen (secondary N) is 1. The molecule has 0 radical (unpaired) electrons. The Morgan fingerprint density at radius 2 is 1.89 bits per heavy atom. The summed E-state index contributed by atoms with van der Waals surface area (Å²) in [6.07, 6.45) is 2.19. The highest BCUT2D eigenvalue weighted by Gasteiger charge is 2.29. The summed E-state index contributed by atoms with van der Waals surface area (Å²) < 4.78 is 0. The molecule has 1 aliphatic heterocycles. The Hall–Kier alpha value is -2.21. The van der Waals surface area contributed by atoms with Crippen LogP contribution in [0.4, 0.5) is 0 Å². The highest BCUT2D eigenvalue weighted by molar-refractivity contribution is 7.13. The van der Waals surface area contributed by atoms with Crippen molar-refractivity contribution in [1.29, 1.82) is 0 Å². The van der Waals surface area contributed by atoms with Gasteiger partial charge in [-0.1, -0.05) is 30.3 Å². The zero-order valence-corrected chi connectivity index (χ0v) is 17.0. The first kappa shape index (κ1) is 19.5. The zero-order chi connectivity index (χ0) is 19.4. The van der Waals surface area contributed by atoms with Crippen LogP contribution in [-0.2, 0) is 11.2 Å². The molecule has 0 unspecified atom stereocenters. The third-order valence-corrected chi connectivity index (χ3v) is 5.96. The number of aromatic nitrogens is 1. The Bertz CT molecular complexity index is 793. The summed E-state index contributed by atoms with van der Waals surface area (Å²) >= 11 is 1.49. The van der Waals surface area contributed by atoms with Gasteiger partial charge in [-0.05, 0) is 39.2 Å². The summed E-state index contributed by atoms with van der Waals surface area (Å²) in [4.78, 5) is 32.3. The first-order chi connectivity index (χ1) is 12.9. The molecule has 0 spiro atoms. The number of likely N-dealkylation sites (tertiary alicyclic amines) is 1. The SMILES string of the molecule is Cc1nc(Cc2ccccc2)sc1C(=O)N1CCC(C(=O)NC(C)C)CC1. The third-order valence-electron chi connectivity index (χ3n) is 4.82. The maximum atomic E-state index is 12.9. The van der Waals surface area contributed by atoms with Crippen LogP contribution in [0.1, 0.15) is 52.6 Å². The minimum atomic E-state index is 0.00708. The number of nitrogens with zero attached hydrogens (tertiary/aromatic N) is 2. The van der Waals surface area contributed by atoms with Gasteiger partial charge in [-0.15, -0.1) is 11.3 Å². The van der Waals surface area contributed by atoms with Crippen molar-refractivity contribution in [2.24, 2.45) is 5.92 Å². The second kappa shape index (κ2) is 8.65. The Kier molecular flexibility index (Phi) is 6.26. The lowest BCUT2D eigenvalue weighted by Crippen LogP contribution is -2.44. The number of carbonyl (C=O) groups excluding carboxylic acids is 2. The van der Waals surface area contributed by atoms with E-state index in [1.54, 1.807) is 0 Å². The van der Waals surface area contributed by atoms with Crippen LogP contribution < -0.4 is 5.32 Å². The van der Waals surface area contributed by atoms with E-state index in [2.05, 4.69) is 22.4 Å². The Morgan fingerprint density at radius 3 is 2.52 bits per heavy atom. The topological polar surface area (TPSA) is 62.3 Å². The molecule has 2 aromatic rings. The molecule has 3 rings (SSSR count). The van der Waals surface area contributed by atoms with Gasteiger partial charge in [0.15, 0.2) is 0 Å². The number of carbonyl (C=O) groups is 2.